The Kier molecular flexibility index (Phi) is 3.34. The van der Waals surface area contributed by atoms with Crippen molar-refractivity contribution in [2.45, 2.75) is 0 Å². The van der Waals surface area contributed by atoms with Crippen LogP contribution in [0.4, 0.5) is 0 Å². The molecule has 1 N–H and O–H groups in total. The number of carbonyl (C=O) groups is 1. The predicted octanol–water partition coefficient (Wildman–Crippen LogP) is 2.60. The fourth-order valence-corrected chi connectivity index (χ4v) is 1.42. The Labute approximate surface area is 105 Å². The van der Waals surface area contributed by atoms with Crippen molar-refractivity contribution in [1.29, 1.82) is 0 Å². The van der Waals surface area contributed by atoms with Gasteiger partial charge in [0.2, 0.25) is 11.8 Å². The molecule has 0 unspecified atom stereocenters. The number of halogens is 1. The van der Waals surface area contributed by atoms with Gasteiger partial charge in [-0.3, -0.25) is 0 Å². The highest BCUT2D eigenvalue weighted by atomic mass is 79.9. The lowest BCUT2D eigenvalue weighted by atomic mass is 10.2. The first-order valence-electron chi connectivity index (χ1n) is 4.65. The lowest BCUT2D eigenvalue weighted by Gasteiger charge is -1.93. The Hall–Kier alpha value is -1.95. The first-order valence-corrected chi connectivity index (χ1v) is 5.45. The van der Waals surface area contributed by atoms with Gasteiger partial charge in [0.1, 0.15) is 0 Å². The van der Waals surface area contributed by atoms with Gasteiger partial charge in [0.15, 0.2) is 0 Å². The maximum absolute atomic E-state index is 10.3. The Morgan fingerprint density at radius 3 is 2.65 bits per heavy atom. The molecule has 1 aromatic heterocycles. The maximum Gasteiger partial charge on any atom is 0.328 e. The molecule has 0 bridgehead atoms. The van der Waals surface area contributed by atoms with Gasteiger partial charge in [-0.2, -0.15) is 0 Å². The van der Waals surface area contributed by atoms with Crippen molar-refractivity contribution in [3.05, 3.63) is 40.7 Å². The number of aromatic nitrogens is 2. The summed E-state index contributed by atoms with van der Waals surface area (Å²) in [5, 5.41) is 16.0. The van der Waals surface area contributed by atoms with E-state index in [4.69, 9.17) is 9.52 Å². The highest BCUT2D eigenvalue weighted by Gasteiger charge is 2.06. The fraction of sp³-hybridized carbons (Fsp3) is 0. The molecule has 1 heterocycles. The Morgan fingerprint density at radius 1 is 1.29 bits per heavy atom. The molecule has 86 valence electrons. The molecule has 0 aliphatic carbocycles. The predicted molar refractivity (Wildman–Crippen MR) is 64.1 cm³/mol. The van der Waals surface area contributed by atoms with Gasteiger partial charge in [-0.1, -0.05) is 15.9 Å². The molecule has 0 spiro atoms. The zero-order chi connectivity index (χ0) is 12.3. The van der Waals surface area contributed by atoms with Gasteiger partial charge in [-0.25, -0.2) is 4.79 Å². The van der Waals surface area contributed by atoms with Crippen molar-refractivity contribution in [3.63, 3.8) is 0 Å². The van der Waals surface area contributed by atoms with Crippen molar-refractivity contribution in [3.8, 4) is 11.5 Å². The standard InChI is InChI=1S/C11H7BrN2O3/c12-8-3-1-7(2-4-8)11-14-13-9(17-11)5-6-10(15)16/h1-6H,(H,15,16). The molecule has 5 nitrogen and oxygen atoms in total. The second-order valence-corrected chi connectivity index (χ2v) is 4.04. The van der Waals surface area contributed by atoms with E-state index in [1.54, 1.807) is 0 Å². The van der Waals surface area contributed by atoms with Crippen LogP contribution in [0.2, 0.25) is 0 Å². The molecule has 0 saturated carbocycles. The Morgan fingerprint density at radius 2 is 2.00 bits per heavy atom. The third-order valence-corrected chi connectivity index (χ3v) is 2.43. The van der Waals surface area contributed by atoms with Crippen LogP contribution in [0, 0.1) is 0 Å². The number of rotatable bonds is 3. The van der Waals surface area contributed by atoms with Crippen molar-refractivity contribution >= 4 is 28.0 Å². The molecule has 0 fully saturated rings. The topological polar surface area (TPSA) is 76.2 Å². The minimum atomic E-state index is -1.06. The molecule has 17 heavy (non-hydrogen) atoms. The first-order chi connectivity index (χ1) is 8.15. The molecule has 0 radical (unpaired) electrons. The van der Waals surface area contributed by atoms with Gasteiger partial charge in [-0.05, 0) is 24.3 Å². The highest BCUT2D eigenvalue weighted by Crippen LogP contribution is 2.20. The number of hydrogen-bond acceptors (Lipinski definition) is 4. The van der Waals surface area contributed by atoms with Gasteiger partial charge in [0.05, 0.1) is 0 Å². The van der Waals surface area contributed by atoms with E-state index in [1.165, 1.54) is 6.08 Å². The second kappa shape index (κ2) is 4.92. The number of hydrogen-bond donors (Lipinski definition) is 1. The summed E-state index contributed by atoms with van der Waals surface area (Å²) < 4.78 is 6.22. The summed E-state index contributed by atoms with van der Waals surface area (Å²) in [7, 11) is 0. The van der Waals surface area contributed by atoms with Crippen LogP contribution < -0.4 is 0 Å². The van der Waals surface area contributed by atoms with Gasteiger partial charge < -0.3 is 9.52 Å². The highest BCUT2D eigenvalue weighted by molar-refractivity contribution is 9.10. The monoisotopic (exact) mass is 294 g/mol. The molecule has 0 atom stereocenters. The summed E-state index contributed by atoms with van der Waals surface area (Å²) in [5.41, 5.74) is 0.774. The summed E-state index contributed by atoms with van der Waals surface area (Å²) in [4.78, 5) is 10.3. The van der Waals surface area contributed by atoms with Crippen LogP contribution in [-0.2, 0) is 4.79 Å². The van der Waals surface area contributed by atoms with Crippen molar-refractivity contribution < 1.29 is 14.3 Å². The van der Waals surface area contributed by atoms with Crippen molar-refractivity contribution in [1.82, 2.24) is 10.2 Å². The van der Waals surface area contributed by atoms with E-state index >= 15 is 0 Å². The number of carboxylic acid groups (broad SMARTS) is 1. The van der Waals surface area contributed by atoms with E-state index in [-0.39, 0.29) is 5.89 Å². The van der Waals surface area contributed by atoms with Crippen LogP contribution in [0.25, 0.3) is 17.5 Å². The molecule has 2 aromatic rings. The Balaban J connectivity index is 2.23. The van der Waals surface area contributed by atoms with E-state index in [0.29, 0.717) is 5.89 Å². The van der Waals surface area contributed by atoms with Crippen LogP contribution in [-0.4, -0.2) is 21.3 Å². The normalized spacial score (nSPS) is 10.9. The van der Waals surface area contributed by atoms with Crippen molar-refractivity contribution in [2.75, 3.05) is 0 Å². The third kappa shape index (κ3) is 3.01. The average Bonchev–Trinajstić information content (AvgIpc) is 2.76. The Bertz CT molecular complexity index is 560. The van der Waals surface area contributed by atoms with E-state index in [2.05, 4.69) is 26.1 Å². The molecule has 2 rings (SSSR count). The molecule has 0 aliphatic heterocycles. The molecule has 1 aromatic carbocycles. The van der Waals surface area contributed by atoms with Crippen LogP contribution in [0.15, 0.2) is 39.2 Å². The van der Waals surface area contributed by atoms with Gasteiger partial charge in [-0.15, -0.1) is 10.2 Å². The molecule has 6 heteroatoms. The summed E-state index contributed by atoms with van der Waals surface area (Å²) >= 11 is 3.32. The summed E-state index contributed by atoms with van der Waals surface area (Å²) in [6.07, 6.45) is 2.19. The van der Waals surface area contributed by atoms with Crippen LogP contribution in [0.1, 0.15) is 5.89 Å². The van der Waals surface area contributed by atoms with Gasteiger partial charge >= 0.3 is 5.97 Å². The first kappa shape index (κ1) is 11.5. The van der Waals surface area contributed by atoms with E-state index < -0.39 is 5.97 Å². The lowest BCUT2D eigenvalue weighted by Crippen LogP contribution is -1.85. The van der Waals surface area contributed by atoms with E-state index in [9.17, 15) is 4.79 Å². The number of benzene rings is 1. The zero-order valence-electron chi connectivity index (χ0n) is 8.50. The lowest BCUT2D eigenvalue weighted by molar-refractivity contribution is -0.131. The van der Waals surface area contributed by atoms with Crippen molar-refractivity contribution in [2.24, 2.45) is 0 Å². The minimum absolute atomic E-state index is 0.158. The van der Waals surface area contributed by atoms with E-state index in [0.717, 1.165) is 16.1 Å². The number of nitrogens with zero attached hydrogens (tertiary/aromatic N) is 2. The summed E-state index contributed by atoms with van der Waals surface area (Å²) in [6.45, 7) is 0. The summed E-state index contributed by atoms with van der Waals surface area (Å²) in [5.74, 6) is -0.554. The smallest absolute Gasteiger partial charge is 0.328 e. The fourth-order valence-electron chi connectivity index (χ4n) is 1.15. The molecular formula is C11H7BrN2O3. The zero-order valence-corrected chi connectivity index (χ0v) is 10.1. The molecule has 0 amide bonds. The van der Waals surface area contributed by atoms with Crippen LogP contribution in [0.5, 0.6) is 0 Å². The van der Waals surface area contributed by atoms with Gasteiger partial charge in [0, 0.05) is 22.2 Å². The van der Waals surface area contributed by atoms with Crippen LogP contribution in [0.3, 0.4) is 0 Å². The maximum atomic E-state index is 10.3. The number of aliphatic carboxylic acids is 1. The molecular weight excluding hydrogens is 288 g/mol. The molecule has 0 aliphatic rings. The minimum Gasteiger partial charge on any atom is -0.478 e. The van der Waals surface area contributed by atoms with Crippen LogP contribution >= 0.6 is 15.9 Å². The third-order valence-electron chi connectivity index (χ3n) is 1.90. The molecule has 0 saturated heterocycles. The van der Waals surface area contributed by atoms with E-state index in [1.807, 2.05) is 24.3 Å². The SMILES string of the molecule is O=C(O)C=Cc1nnc(-c2ccc(Br)cc2)o1. The summed E-state index contributed by atoms with van der Waals surface area (Å²) in [6, 6.07) is 7.35. The van der Waals surface area contributed by atoms with Gasteiger partial charge in [0.25, 0.3) is 0 Å². The second-order valence-electron chi connectivity index (χ2n) is 3.12. The average molecular weight is 295 g/mol. The quantitative estimate of drug-likeness (QED) is 0.881. The number of carboxylic acids is 1. The largest absolute Gasteiger partial charge is 0.478 e.